The summed E-state index contributed by atoms with van der Waals surface area (Å²) in [6.07, 6.45) is 2.13. The summed E-state index contributed by atoms with van der Waals surface area (Å²) in [4.78, 5) is 21.2. The van der Waals surface area contributed by atoms with E-state index in [1.165, 1.54) is 5.17 Å². The second kappa shape index (κ2) is 5.71. The molecule has 0 aromatic heterocycles. The van der Waals surface area contributed by atoms with Crippen LogP contribution in [0.4, 0.5) is 0 Å². The Hall–Kier alpha value is -0.750. The average Bonchev–Trinajstić information content (AvgIpc) is 3.09. The molecule has 0 radical (unpaired) electrons. The molecule has 2 atom stereocenters. The van der Waals surface area contributed by atoms with Crippen molar-refractivity contribution in [1.82, 2.24) is 15.1 Å². The molecular weight excluding hydrogens is 260 g/mol. The van der Waals surface area contributed by atoms with Crippen molar-refractivity contribution in [3.8, 4) is 0 Å². The van der Waals surface area contributed by atoms with Crippen molar-refractivity contribution in [2.45, 2.75) is 31.1 Å². The molecule has 2 saturated heterocycles. The zero-order valence-electron chi connectivity index (χ0n) is 11.5. The van der Waals surface area contributed by atoms with Gasteiger partial charge in [-0.1, -0.05) is 18.7 Å². The largest absolute Gasteiger partial charge is 0.348 e. The molecule has 1 amide bonds. The highest BCUT2D eigenvalue weighted by Crippen LogP contribution is 2.23. The molecule has 0 saturated carbocycles. The van der Waals surface area contributed by atoms with E-state index in [4.69, 9.17) is 0 Å². The van der Waals surface area contributed by atoms with Crippen molar-refractivity contribution in [1.29, 1.82) is 0 Å². The van der Waals surface area contributed by atoms with E-state index in [0.29, 0.717) is 11.2 Å². The Labute approximate surface area is 118 Å². The van der Waals surface area contributed by atoms with Gasteiger partial charge in [0.2, 0.25) is 5.91 Å². The van der Waals surface area contributed by atoms with Crippen LogP contribution >= 0.6 is 11.8 Å². The summed E-state index contributed by atoms with van der Waals surface area (Å²) >= 11 is 1.87. The minimum Gasteiger partial charge on any atom is -0.348 e. The lowest BCUT2D eigenvalue weighted by Crippen LogP contribution is -2.53. The van der Waals surface area contributed by atoms with Gasteiger partial charge in [-0.2, -0.15) is 0 Å². The summed E-state index contributed by atoms with van der Waals surface area (Å²) in [5, 5.41) is 5.08. The zero-order valence-corrected chi connectivity index (χ0v) is 12.3. The van der Waals surface area contributed by atoms with Crippen LogP contribution in [0, 0.1) is 0 Å². The highest BCUT2D eigenvalue weighted by atomic mass is 32.2. The molecule has 6 heteroatoms. The number of amidine groups is 1. The Kier molecular flexibility index (Phi) is 3.98. The monoisotopic (exact) mass is 282 g/mol. The van der Waals surface area contributed by atoms with Gasteiger partial charge in [0, 0.05) is 31.4 Å². The van der Waals surface area contributed by atoms with Crippen LogP contribution in [0.15, 0.2) is 4.99 Å². The van der Waals surface area contributed by atoms with E-state index in [9.17, 15) is 4.79 Å². The van der Waals surface area contributed by atoms with Gasteiger partial charge in [-0.3, -0.25) is 9.79 Å². The highest BCUT2D eigenvalue weighted by Gasteiger charge is 2.30. The van der Waals surface area contributed by atoms with Gasteiger partial charge < -0.3 is 15.1 Å². The standard InChI is InChI=1S/C13H22N4OS/c1-10-9-15-13(19-10)17-7-5-16(6-8-17)12(18)11-3-2-4-14-11/h10-11,14H,2-9H2,1H3. The average molecular weight is 282 g/mol. The fourth-order valence-corrected chi connectivity index (χ4v) is 3.86. The highest BCUT2D eigenvalue weighted by molar-refractivity contribution is 8.14. The van der Waals surface area contributed by atoms with E-state index in [0.717, 1.165) is 52.1 Å². The topological polar surface area (TPSA) is 47.9 Å². The van der Waals surface area contributed by atoms with Crippen LogP contribution in [-0.2, 0) is 4.79 Å². The number of amides is 1. The quantitative estimate of drug-likeness (QED) is 0.755. The molecule has 3 aliphatic rings. The van der Waals surface area contributed by atoms with Crippen LogP contribution in [0.25, 0.3) is 0 Å². The molecule has 0 bridgehead atoms. The van der Waals surface area contributed by atoms with E-state index in [-0.39, 0.29) is 6.04 Å². The Morgan fingerprint density at radius 3 is 2.74 bits per heavy atom. The molecule has 5 nitrogen and oxygen atoms in total. The minimum absolute atomic E-state index is 0.0739. The third-order valence-corrected chi connectivity index (χ3v) is 5.16. The zero-order chi connectivity index (χ0) is 13.2. The predicted molar refractivity (Wildman–Crippen MR) is 78.5 cm³/mol. The summed E-state index contributed by atoms with van der Waals surface area (Å²) < 4.78 is 0. The number of thioether (sulfide) groups is 1. The van der Waals surface area contributed by atoms with Crippen molar-refractivity contribution in [2.24, 2.45) is 4.99 Å². The maximum atomic E-state index is 12.3. The number of hydrogen-bond donors (Lipinski definition) is 1. The molecule has 3 heterocycles. The summed E-state index contributed by atoms with van der Waals surface area (Å²) in [6.45, 7) is 7.67. The number of hydrogen-bond acceptors (Lipinski definition) is 5. The SMILES string of the molecule is CC1CN=C(N2CCN(C(=O)C3CCCN3)CC2)S1. The smallest absolute Gasteiger partial charge is 0.239 e. The Morgan fingerprint density at radius 2 is 2.16 bits per heavy atom. The van der Waals surface area contributed by atoms with Crippen LogP contribution in [0.5, 0.6) is 0 Å². The second-order valence-electron chi connectivity index (χ2n) is 5.51. The summed E-state index contributed by atoms with van der Waals surface area (Å²) in [7, 11) is 0. The van der Waals surface area contributed by atoms with Crippen LogP contribution in [-0.4, -0.2) is 71.4 Å². The van der Waals surface area contributed by atoms with Crippen molar-refractivity contribution >= 4 is 22.8 Å². The van der Waals surface area contributed by atoms with Gasteiger partial charge in [0.15, 0.2) is 5.17 Å². The van der Waals surface area contributed by atoms with Crippen LogP contribution in [0.3, 0.4) is 0 Å². The molecule has 2 fully saturated rings. The van der Waals surface area contributed by atoms with Gasteiger partial charge in [-0.05, 0) is 19.4 Å². The predicted octanol–water partition coefficient (Wildman–Crippen LogP) is 0.374. The first-order valence-electron chi connectivity index (χ1n) is 7.22. The molecule has 106 valence electrons. The normalized spacial score (nSPS) is 31.7. The van der Waals surface area contributed by atoms with Gasteiger partial charge in [-0.25, -0.2) is 0 Å². The second-order valence-corrected chi connectivity index (χ2v) is 6.92. The van der Waals surface area contributed by atoms with Crippen molar-refractivity contribution in [3.63, 3.8) is 0 Å². The van der Waals surface area contributed by atoms with Gasteiger partial charge in [0.25, 0.3) is 0 Å². The molecule has 0 aromatic rings. The Bertz CT molecular complexity index is 373. The first-order valence-corrected chi connectivity index (χ1v) is 8.10. The first kappa shape index (κ1) is 13.2. The van der Waals surface area contributed by atoms with Gasteiger partial charge in [-0.15, -0.1) is 0 Å². The maximum Gasteiger partial charge on any atom is 0.239 e. The van der Waals surface area contributed by atoms with E-state index in [1.54, 1.807) is 0 Å². The van der Waals surface area contributed by atoms with Crippen LogP contribution in [0.1, 0.15) is 19.8 Å². The molecule has 2 unspecified atom stereocenters. The number of nitrogens with one attached hydrogen (secondary N) is 1. The molecule has 1 N–H and O–H groups in total. The molecule has 19 heavy (non-hydrogen) atoms. The fraction of sp³-hybridized carbons (Fsp3) is 0.846. The molecule has 0 aliphatic carbocycles. The lowest BCUT2D eigenvalue weighted by molar-refractivity contribution is -0.134. The van der Waals surface area contributed by atoms with Gasteiger partial charge in [0.05, 0.1) is 12.6 Å². The summed E-state index contributed by atoms with van der Waals surface area (Å²) in [5.41, 5.74) is 0. The number of carbonyl (C=O) groups excluding carboxylic acids is 1. The van der Waals surface area contributed by atoms with E-state index < -0.39 is 0 Å². The fourth-order valence-electron chi connectivity index (χ4n) is 2.87. The van der Waals surface area contributed by atoms with Crippen LogP contribution in [0.2, 0.25) is 0 Å². The van der Waals surface area contributed by atoms with E-state index in [2.05, 4.69) is 22.1 Å². The minimum atomic E-state index is 0.0739. The Balaban J connectivity index is 1.50. The van der Waals surface area contributed by atoms with Gasteiger partial charge >= 0.3 is 0 Å². The van der Waals surface area contributed by atoms with E-state index >= 15 is 0 Å². The number of piperazine rings is 1. The first-order chi connectivity index (χ1) is 9.24. The Morgan fingerprint density at radius 1 is 1.37 bits per heavy atom. The van der Waals surface area contributed by atoms with Crippen molar-refractivity contribution in [3.05, 3.63) is 0 Å². The van der Waals surface area contributed by atoms with Gasteiger partial charge in [0.1, 0.15) is 0 Å². The molecule has 3 aliphatic heterocycles. The van der Waals surface area contributed by atoms with Crippen molar-refractivity contribution in [2.75, 3.05) is 39.3 Å². The maximum absolute atomic E-state index is 12.3. The van der Waals surface area contributed by atoms with Crippen molar-refractivity contribution < 1.29 is 4.79 Å². The number of carbonyl (C=O) groups is 1. The third-order valence-electron chi connectivity index (χ3n) is 4.01. The summed E-state index contributed by atoms with van der Waals surface area (Å²) in [5.74, 6) is 0.298. The van der Waals surface area contributed by atoms with Crippen LogP contribution < -0.4 is 5.32 Å². The number of nitrogens with zero attached hydrogens (tertiary/aromatic N) is 3. The summed E-state index contributed by atoms with van der Waals surface area (Å²) in [6, 6.07) is 0.0739. The third kappa shape index (κ3) is 2.89. The molecule has 3 rings (SSSR count). The lowest BCUT2D eigenvalue weighted by atomic mass is 10.2. The molecular formula is C13H22N4OS. The lowest BCUT2D eigenvalue weighted by Gasteiger charge is -2.36. The molecule has 0 aromatic carbocycles. The molecule has 0 spiro atoms. The number of aliphatic imine (C=N–C) groups is 1. The van der Waals surface area contributed by atoms with E-state index in [1.807, 2.05) is 16.7 Å². The number of rotatable bonds is 1.